The Morgan fingerprint density at radius 2 is 2.00 bits per heavy atom. The van der Waals surface area contributed by atoms with E-state index >= 15 is 0 Å². The van der Waals surface area contributed by atoms with Gasteiger partial charge in [-0.25, -0.2) is 5.06 Å². The Morgan fingerprint density at radius 3 is 2.60 bits per heavy atom. The lowest BCUT2D eigenvalue weighted by Crippen LogP contribution is -2.40. The summed E-state index contributed by atoms with van der Waals surface area (Å²) in [4.78, 5) is 38.4. The van der Waals surface area contributed by atoms with E-state index in [1.54, 1.807) is 7.11 Å². The molecule has 0 saturated carbocycles. The Kier molecular flexibility index (Phi) is 11.6. The van der Waals surface area contributed by atoms with E-state index in [0.717, 1.165) is 19.3 Å². The Morgan fingerprint density at radius 1 is 1.27 bits per heavy atom. The van der Waals surface area contributed by atoms with Gasteiger partial charge in [-0.1, -0.05) is 40.0 Å². The van der Waals surface area contributed by atoms with Gasteiger partial charge >= 0.3 is 0 Å². The van der Waals surface area contributed by atoms with Gasteiger partial charge in [0.15, 0.2) is 0 Å². The Hall–Kier alpha value is -2.53. The summed E-state index contributed by atoms with van der Waals surface area (Å²) in [6, 6.07) is 0. The summed E-state index contributed by atoms with van der Waals surface area (Å²) in [6.07, 6.45) is 3.62. The first-order valence-corrected chi connectivity index (χ1v) is 10.2. The fourth-order valence-corrected chi connectivity index (χ4v) is 2.63. The Balaban J connectivity index is 2.88. The van der Waals surface area contributed by atoms with E-state index in [1.165, 1.54) is 0 Å². The smallest absolute Gasteiger partial charge is 0.246 e. The van der Waals surface area contributed by atoms with Crippen molar-refractivity contribution in [2.24, 2.45) is 5.92 Å². The molecule has 1 heterocycles. The van der Waals surface area contributed by atoms with Crippen LogP contribution in [0.2, 0.25) is 0 Å². The number of methoxy groups -OCH3 is 1. The molecule has 0 aromatic carbocycles. The number of anilines is 2. The number of hydrogen-bond donors (Lipinski definition) is 3. The number of carbonyl (C=O) groups is 2. The first-order valence-electron chi connectivity index (χ1n) is 10.2. The fraction of sp³-hybridized carbons (Fsp3) is 0.737. The predicted octanol–water partition coefficient (Wildman–Crippen LogP) is 1.56. The molecule has 1 rings (SSSR count). The number of unbranched alkanes of at least 4 members (excludes halogenated alkanes) is 2. The normalized spacial score (nSPS) is 11.8. The van der Waals surface area contributed by atoms with Crippen LogP contribution in [0.1, 0.15) is 58.2 Å². The molecule has 0 saturated heterocycles. The summed E-state index contributed by atoms with van der Waals surface area (Å²) >= 11 is 0. The molecular formula is C19H35N7O4. The van der Waals surface area contributed by atoms with Crippen LogP contribution < -0.4 is 15.8 Å². The van der Waals surface area contributed by atoms with E-state index in [0.29, 0.717) is 36.4 Å². The molecule has 11 heteroatoms. The van der Waals surface area contributed by atoms with Crippen LogP contribution in [0, 0.1) is 5.92 Å². The van der Waals surface area contributed by atoms with Crippen LogP contribution >= 0.6 is 0 Å². The summed E-state index contributed by atoms with van der Waals surface area (Å²) in [6.45, 7) is 7.04. The summed E-state index contributed by atoms with van der Waals surface area (Å²) in [5.41, 5.74) is 5.34. The lowest BCUT2D eigenvalue weighted by Gasteiger charge is -2.21. The van der Waals surface area contributed by atoms with Crippen molar-refractivity contribution in [3.63, 3.8) is 0 Å². The van der Waals surface area contributed by atoms with Gasteiger partial charge in [-0.3, -0.25) is 25.6 Å². The van der Waals surface area contributed by atoms with Crippen LogP contribution in [0.5, 0.6) is 0 Å². The topological polar surface area (TPSA) is 133 Å². The number of hydrazine groups is 1. The van der Waals surface area contributed by atoms with Crippen LogP contribution in [-0.4, -0.2) is 71.4 Å². The van der Waals surface area contributed by atoms with Gasteiger partial charge in [0.25, 0.3) is 0 Å². The molecule has 1 aromatic heterocycles. The molecule has 170 valence electrons. The minimum Gasteiger partial charge on any atom is -0.383 e. The number of hydroxylamine groups is 2. The summed E-state index contributed by atoms with van der Waals surface area (Å²) < 4.78 is 5.09. The highest BCUT2D eigenvalue weighted by Crippen LogP contribution is 2.16. The van der Waals surface area contributed by atoms with Crippen molar-refractivity contribution in [2.45, 2.75) is 52.4 Å². The van der Waals surface area contributed by atoms with Gasteiger partial charge in [-0.05, 0) is 6.42 Å². The van der Waals surface area contributed by atoms with E-state index in [1.807, 2.05) is 25.8 Å². The molecule has 3 N–H and O–H groups in total. The van der Waals surface area contributed by atoms with Gasteiger partial charge in [-0.2, -0.15) is 15.0 Å². The highest BCUT2D eigenvalue weighted by molar-refractivity contribution is 5.80. The molecule has 0 aliphatic heterocycles. The molecule has 0 aliphatic rings. The van der Waals surface area contributed by atoms with Gasteiger partial charge in [0, 0.05) is 26.6 Å². The zero-order chi connectivity index (χ0) is 22.5. The van der Waals surface area contributed by atoms with E-state index in [9.17, 15) is 14.8 Å². The number of likely N-dealkylation sites (N-methyl/N-ethyl adjacent to an activating group) is 1. The van der Waals surface area contributed by atoms with Gasteiger partial charge < -0.3 is 9.64 Å². The summed E-state index contributed by atoms with van der Waals surface area (Å²) in [5, 5.41) is 9.99. The average molecular weight is 426 g/mol. The number of ether oxygens (including phenoxy) is 1. The average Bonchev–Trinajstić information content (AvgIpc) is 2.74. The first kappa shape index (κ1) is 25.5. The maximum Gasteiger partial charge on any atom is 0.246 e. The summed E-state index contributed by atoms with van der Waals surface area (Å²) in [5.74, 6) is 0.413. The monoisotopic (exact) mass is 425 g/mol. The number of aromatic nitrogens is 3. The molecule has 30 heavy (non-hydrogen) atoms. The van der Waals surface area contributed by atoms with Crippen molar-refractivity contribution in [2.75, 3.05) is 44.2 Å². The Labute approximate surface area is 178 Å². The van der Waals surface area contributed by atoms with E-state index < -0.39 is 5.92 Å². The van der Waals surface area contributed by atoms with E-state index in [2.05, 4.69) is 32.7 Å². The molecule has 0 fully saturated rings. The van der Waals surface area contributed by atoms with Gasteiger partial charge in [0.1, 0.15) is 5.82 Å². The minimum absolute atomic E-state index is 0.0659. The highest BCUT2D eigenvalue weighted by atomic mass is 16.5. The minimum atomic E-state index is -0.561. The van der Waals surface area contributed by atoms with Crippen LogP contribution in [0.15, 0.2) is 0 Å². The second-order valence-electron chi connectivity index (χ2n) is 7.42. The number of nitrogens with one attached hydrogen (secondary N) is 2. The molecular weight excluding hydrogens is 390 g/mol. The number of amides is 2. The van der Waals surface area contributed by atoms with Crippen LogP contribution in [0.3, 0.4) is 0 Å². The SMILES string of the molecule is CCCCC[C@@H](CN(O)C=O)C(=O)NNc1nc(C(C)C)nc(N(C)CCOC)n1. The van der Waals surface area contributed by atoms with Crippen LogP contribution in [0.4, 0.5) is 11.9 Å². The van der Waals surface area contributed by atoms with Crippen molar-refractivity contribution in [1.29, 1.82) is 0 Å². The maximum absolute atomic E-state index is 12.6. The fourth-order valence-electron chi connectivity index (χ4n) is 2.63. The molecule has 1 aromatic rings. The van der Waals surface area contributed by atoms with Gasteiger partial charge in [-0.15, -0.1) is 0 Å². The molecule has 1 atom stereocenters. The van der Waals surface area contributed by atoms with Crippen molar-refractivity contribution in [3.8, 4) is 0 Å². The van der Waals surface area contributed by atoms with E-state index in [4.69, 9.17) is 4.74 Å². The quantitative estimate of drug-likeness (QED) is 0.166. The second kappa shape index (κ2) is 13.6. The number of carbonyl (C=O) groups excluding carboxylic acids is 2. The lowest BCUT2D eigenvalue weighted by atomic mass is 10.0. The van der Waals surface area contributed by atoms with Crippen molar-refractivity contribution in [1.82, 2.24) is 25.4 Å². The Bertz CT molecular complexity index is 660. The molecule has 0 bridgehead atoms. The zero-order valence-corrected chi connectivity index (χ0v) is 18.6. The third-order valence-corrected chi connectivity index (χ3v) is 4.48. The molecule has 0 spiro atoms. The highest BCUT2D eigenvalue weighted by Gasteiger charge is 2.21. The van der Waals surface area contributed by atoms with Crippen molar-refractivity contribution < 1.29 is 19.5 Å². The van der Waals surface area contributed by atoms with Gasteiger partial charge in [0.05, 0.1) is 19.1 Å². The molecule has 0 unspecified atom stereocenters. The third-order valence-electron chi connectivity index (χ3n) is 4.48. The zero-order valence-electron chi connectivity index (χ0n) is 18.6. The summed E-state index contributed by atoms with van der Waals surface area (Å²) in [7, 11) is 3.47. The second-order valence-corrected chi connectivity index (χ2v) is 7.42. The predicted molar refractivity (Wildman–Crippen MR) is 113 cm³/mol. The lowest BCUT2D eigenvalue weighted by molar-refractivity contribution is -0.154. The number of rotatable bonds is 15. The van der Waals surface area contributed by atoms with Crippen molar-refractivity contribution >= 4 is 24.2 Å². The largest absolute Gasteiger partial charge is 0.383 e. The molecule has 2 amide bonds. The third kappa shape index (κ3) is 8.87. The van der Waals surface area contributed by atoms with E-state index in [-0.39, 0.29) is 30.7 Å². The number of hydrogen-bond acceptors (Lipinski definition) is 9. The van der Waals surface area contributed by atoms with Crippen LogP contribution in [-0.2, 0) is 14.3 Å². The maximum atomic E-state index is 12.6. The van der Waals surface area contributed by atoms with Crippen LogP contribution in [0.25, 0.3) is 0 Å². The molecule has 0 radical (unpaired) electrons. The van der Waals surface area contributed by atoms with Gasteiger partial charge in [0.2, 0.25) is 24.2 Å². The number of nitrogens with zero attached hydrogens (tertiary/aromatic N) is 5. The molecule has 0 aliphatic carbocycles. The standard InChI is InChI=1S/C19H35N7O4/c1-6-7-8-9-15(12-26(29)13-27)17(28)23-24-18-20-16(14(2)3)21-19(22-18)25(4)10-11-30-5/h13-15,29H,6-12H2,1-5H3,(H,23,28)(H,20,21,22,24)/t15-/m0/s1. The van der Waals surface area contributed by atoms with Crippen molar-refractivity contribution in [3.05, 3.63) is 5.82 Å². The first-order chi connectivity index (χ1) is 14.3. The molecule has 11 nitrogen and oxygen atoms in total.